The molecular weight excluding hydrogens is 224 g/mol. The van der Waals surface area contributed by atoms with E-state index < -0.39 is 8.07 Å². The minimum Gasteiger partial charge on any atom is -0.147 e. The molecular formula is C11H22S2Si. The lowest BCUT2D eigenvalue weighted by molar-refractivity contribution is 1.02. The second-order valence-corrected chi connectivity index (χ2v) is 13.6. The molecule has 1 saturated heterocycles. The third kappa shape index (κ3) is 5.52. The summed E-state index contributed by atoms with van der Waals surface area (Å²) in [7, 11) is -0.923. The minimum atomic E-state index is -0.923. The minimum absolute atomic E-state index is 0.813. The second kappa shape index (κ2) is 5.66. The SMILES string of the molecule is C=C(CC1SCCCS1)C[Si](C)(C)C. The first-order valence-corrected chi connectivity index (χ1v) is 11.2. The van der Waals surface area contributed by atoms with E-state index in [1.807, 2.05) is 0 Å². The fourth-order valence-electron chi connectivity index (χ4n) is 1.71. The third-order valence-corrected chi connectivity index (χ3v) is 6.63. The summed E-state index contributed by atoms with van der Waals surface area (Å²) < 4.78 is 0.813. The summed E-state index contributed by atoms with van der Waals surface area (Å²) in [6.07, 6.45) is 2.64. The van der Waals surface area contributed by atoms with Crippen LogP contribution in [-0.4, -0.2) is 24.2 Å². The van der Waals surface area contributed by atoms with Crippen molar-refractivity contribution in [2.45, 2.75) is 43.1 Å². The zero-order valence-electron chi connectivity index (χ0n) is 9.64. The van der Waals surface area contributed by atoms with E-state index in [4.69, 9.17) is 0 Å². The molecule has 0 aliphatic carbocycles. The molecule has 0 unspecified atom stereocenters. The van der Waals surface area contributed by atoms with Crippen molar-refractivity contribution >= 4 is 31.6 Å². The molecule has 1 heterocycles. The number of rotatable bonds is 4. The first kappa shape index (κ1) is 12.7. The molecule has 0 amide bonds. The highest BCUT2D eigenvalue weighted by Crippen LogP contribution is 2.35. The van der Waals surface area contributed by atoms with Crippen molar-refractivity contribution in [3.05, 3.63) is 12.2 Å². The normalized spacial score (nSPS) is 19.6. The van der Waals surface area contributed by atoms with Crippen molar-refractivity contribution in [2.75, 3.05) is 11.5 Å². The molecule has 0 aromatic heterocycles. The third-order valence-electron chi connectivity index (χ3n) is 2.13. The molecule has 0 spiro atoms. The fourth-order valence-corrected chi connectivity index (χ4v) is 6.36. The lowest BCUT2D eigenvalue weighted by Crippen LogP contribution is -2.20. The van der Waals surface area contributed by atoms with Gasteiger partial charge in [0.2, 0.25) is 0 Å². The van der Waals surface area contributed by atoms with Crippen LogP contribution in [0.5, 0.6) is 0 Å². The van der Waals surface area contributed by atoms with Gasteiger partial charge in [-0.15, -0.1) is 30.1 Å². The van der Waals surface area contributed by atoms with Gasteiger partial charge in [0.15, 0.2) is 0 Å². The summed E-state index contributed by atoms with van der Waals surface area (Å²) in [6.45, 7) is 11.5. The van der Waals surface area contributed by atoms with Crippen molar-refractivity contribution in [3.8, 4) is 0 Å². The first-order valence-electron chi connectivity index (χ1n) is 5.37. The highest BCUT2D eigenvalue weighted by atomic mass is 32.2. The molecule has 0 aromatic carbocycles. The Hall–Kier alpha value is 0.657. The summed E-state index contributed by atoms with van der Waals surface area (Å²) >= 11 is 4.27. The van der Waals surface area contributed by atoms with Crippen molar-refractivity contribution < 1.29 is 0 Å². The molecule has 1 rings (SSSR count). The maximum absolute atomic E-state index is 4.24. The molecule has 0 aromatic rings. The fraction of sp³-hybridized carbons (Fsp3) is 0.818. The molecule has 0 saturated carbocycles. The molecule has 82 valence electrons. The molecule has 3 heteroatoms. The van der Waals surface area contributed by atoms with Crippen LogP contribution in [0.15, 0.2) is 12.2 Å². The van der Waals surface area contributed by atoms with E-state index >= 15 is 0 Å². The number of hydrogen-bond donors (Lipinski definition) is 0. The Morgan fingerprint density at radius 2 is 1.86 bits per heavy atom. The Balaban J connectivity index is 2.25. The predicted octanol–water partition coefficient (Wildman–Crippen LogP) is 4.47. The Kier molecular flexibility index (Phi) is 5.15. The van der Waals surface area contributed by atoms with Gasteiger partial charge in [-0.05, 0) is 30.4 Å². The van der Waals surface area contributed by atoms with Crippen molar-refractivity contribution in [1.82, 2.24) is 0 Å². The van der Waals surface area contributed by atoms with Gasteiger partial charge in [0.1, 0.15) is 0 Å². The molecule has 1 aliphatic rings. The molecule has 1 aliphatic heterocycles. The van der Waals surface area contributed by atoms with E-state index in [1.54, 1.807) is 0 Å². The zero-order chi connectivity index (χ0) is 10.6. The van der Waals surface area contributed by atoms with Crippen LogP contribution < -0.4 is 0 Å². The van der Waals surface area contributed by atoms with Gasteiger partial charge in [0, 0.05) is 8.07 Å². The summed E-state index contributed by atoms with van der Waals surface area (Å²) in [5.74, 6) is 2.72. The summed E-state index contributed by atoms with van der Waals surface area (Å²) in [5.41, 5.74) is 1.50. The van der Waals surface area contributed by atoms with E-state index in [0.29, 0.717) is 0 Å². The van der Waals surface area contributed by atoms with Crippen LogP contribution in [0.1, 0.15) is 12.8 Å². The molecule has 0 bridgehead atoms. The predicted molar refractivity (Wildman–Crippen MR) is 75.2 cm³/mol. The van der Waals surface area contributed by atoms with Crippen LogP contribution in [0.3, 0.4) is 0 Å². The number of allylic oxidation sites excluding steroid dienone is 1. The molecule has 14 heavy (non-hydrogen) atoms. The number of thioether (sulfide) groups is 2. The molecule has 0 atom stereocenters. The highest BCUT2D eigenvalue weighted by molar-refractivity contribution is 8.17. The van der Waals surface area contributed by atoms with Gasteiger partial charge >= 0.3 is 0 Å². The Labute approximate surface area is 98.3 Å². The molecule has 1 fully saturated rings. The lowest BCUT2D eigenvalue weighted by atomic mass is 10.3. The number of hydrogen-bond acceptors (Lipinski definition) is 2. The average molecular weight is 247 g/mol. The molecule has 0 nitrogen and oxygen atoms in total. The van der Waals surface area contributed by atoms with E-state index in [9.17, 15) is 0 Å². The van der Waals surface area contributed by atoms with Crippen molar-refractivity contribution in [1.29, 1.82) is 0 Å². The van der Waals surface area contributed by atoms with Gasteiger partial charge in [-0.25, -0.2) is 0 Å². The Morgan fingerprint density at radius 3 is 2.36 bits per heavy atom. The van der Waals surface area contributed by atoms with Gasteiger partial charge in [-0.1, -0.05) is 25.2 Å². The van der Waals surface area contributed by atoms with E-state index in [-0.39, 0.29) is 0 Å². The first-order chi connectivity index (χ1) is 6.47. The summed E-state index contributed by atoms with van der Waals surface area (Å²) in [5, 5.41) is 0. The van der Waals surface area contributed by atoms with E-state index in [0.717, 1.165) is 4.58 Å². The van der Waals surface area contributed by atoms with Crippen LogP contribution >= 0.6 is 23.5 Å². The summed E-state index contributed by atoms with van der Waals surface area (Å²) in [6, 6.07) is 1.31. The van der Waals surface area contributed by atoms with Gasteiger partial charge in [-0.2, -0.15) is 0 Å². The maximum atomic E-state index is 4.24. The maximum Gasteiger partial charge on any atom is 0.0539 e. The van der Waals surface area contributed by atoms with Crippen LogP contribution in [0.4, 0.5) is 0 Å². The van der Waals surface area contributed by atoms with Crippen molar-refractivity contribution in [3.63, 3.8) is 0 Å². The standard InChI is InChI=1S/C11H22S2Si/c1-10(9-14(2,3)4)8-11-12-6-5-7-13-11/h11H,1,5-9H2,2-4H3. The van der Waals surface area contributed by atoms with Gasteiger partial charge in [-0.3, -0.25) is 0 Å². The largest absolute Gasteiger partial charge is 0.147 e. The zero-order valence-corrected chi connectivity index (χ0v) is 12.3. The van der Waals surface area contributed by atoms with E-state index in [1.165, 1.54) is 36.0 Å². The van der Waals surface area contributed by atoms with Gasteiger partial charge in [0.25, 0.3) is 0 Å². The van der Waals surface area contributed by atoms with Gasteiger partial charge in [0.05, 0.1) is 4.58 Å². The quantitative estimate of drug-likeness (QED) is 0.530. The van der Waals surface area contributed by atoms with Gasteiger partial charge < -0.3 is 0 Å². The molecule has 0 radical (unpaired) electrons. The lowest BCUT2D eigenvalue weighted by Gasteiger charge is -2.24. The second-order valence-electron chi connectivity index (χ2n) is 5.22. The summed E-state index contributed by atoms with van der Waals surface area (Å²) in [4.78, 5) is 0. The van der Waals surface area contributed by atoms with Crippen molar-refractivity contribution in [2.24, 2.45) is 0 Å². The smallest absolute Gasteiger partial charge is 0.0539 e. The van der Waals surface area contributed by atoms with E-state index in [2.05, 4.69) is 49.7 Å². The van der Waals surface area contributed by atoms with Crippen LogP contribution in [0.25, 0.3) is 0 Å². The van der Waals surface area contributed by atoms with Crippen LogP contribution in [0, 0.1) is 0 Å². The Bertz CT molecular complexity index is 190. The Morgan fingerprint density at radius 1 is 1.29 bits per heavy atom. The van der Waals surface area contributed by atoms with Crippen LogP contribution in [0.2, 0.25) is 25.7 Å². The average Bonchev–Trinajstić information content (AvgIpc) is 2.02. The topological polar surface area (TPSA) is 0 Å². The monoisotopic (exact) mass is 246 g/mol. The van der Waals surface area contributed by atoms with Crippen LogP contribution in [-0.2, 0) is 0 Å². The highest BCUT2D eigenvalue weighted by Gasteiger charge is 2.19. The molecule has 0 N–H and O–H groups in total.